The molecule has 1 aromatic heterocycles. The molecule has 0 amide bonds. The van der Waals surface area contributed by atoms with Gasteiger partial charge in [0.2, 0.25) is 0 Å². The maximum Gasteiger partial charge on any atom is 0.258 e. The summed E-state index contributed by atoms with van der Waals surface area (Å²) in [6.45, 7) is 4.76. The molecule has 21 heavy (non-hydrogen) atoms. The maximum atomic E-state index is 6.20. The molecule has 0 bridgehead atoms. The third-order valence-electron chi connectivity index (χ3n) is 3.89. The summed E-state index contributed by atoms with van der Waals surface area (Å²) in [5, 5.41) is 4.02. The van der Waals surface area contributed by atoms with Crippen LogP contribution in [0.1, 0.15) is 37.2 Å². The number of nitrogens with zero attached hydrogens (tertiary/aromatic N) is 2. The second kappa shape index (κ2) is 5.58. The van der Waals surface area contributed by atoms with E-state index < -0.39 is 5.54 Å². The molecule has 0 saturated carbocycles. The molecule has 0 saturated heterocycles. The van der Waals surface area contributed by atoms with Crippen LogP contribution in [0.5, 0.6) is 0 Å². The second-order valence-corrected chi connectivity index (χ2v) is 5.81. The standard InChI is InChI=1S/C16H21N3O2/c1-3-20-10-16(2,17)15-18-14(21-19-15)13-8-7-11-5-4-6-12(11)9-13/h7-9H,3-6,10,17H2,1-2H3. The molecule has 0 aliphatic heterocycles. The van der Waals surface area contributed by atoms with E-state index in [1.165, 1.54) is 24.0 Å². The first kappa shape index (κ1) is 14.2. The van der Waals surface area contributed by atoms with Crippen molar-refractivity contribution in [1.29, 1.82) is 0 Å². The molecule has 2 N–H and O–H groups in total. The van der Waals surface area contributed by atoms with Crippen LogP contribution in [0.25, 0.3) is 11.5 Å². The molecule has 3 rings (SSSR count). The zero-order valence-corrected chi connectivity index (χ0v) is 12.6. The molecule has 1 aromatic carbocycles. The lowest BCUT2D eigenvalue weighted by atomic mass is 10.0. The van der Waals surface area contributed by atoms with Gasteiger partial charge in [-0.3, -0.25) is 0 Å². The third-order valence-corrected chi connectivity index (χ3v) is 3.89. The fourth-order valence-corrected chi connectivity index (χ4v) is 2.66. The Hall–Kier alpha value is -1.72. The summed E-state index contributed by atoms with van der Waals surface area (Å²) in [6, 6.07) is 6.34. The van der Waals surface area contributed by atoms with E-state index in [2.05, 4.69) is 22.3 Å². The Bertz CT molecular complexity index is 634. The lowest BCUT2D eigenvalue weighted by Crippen LogP contribution is -2.39. The maximum absolute atomic E-state index is 6.20. The second-order valence-electron chi connectivity index (χ2n) is 5.81. The number of ether oxygens (including phenoxy) is 1. The van der Waals surface area contributed by atoms with Crippen molar-refractivity contribution in [1.82, 2.24) is 10.1 Å². The molecule has 0 fully saturated rings. The molecular formula is C16H21N3O2. The quantitative estimate of drug-likeness (QED) is 0.914. The Kier molecular flexibility index (Phi) is 3.78. The highest BCUT2D eigenvalue weighted by Gasteiger charge is 2.28. The van der Waals surface area contributed by atoms with Crippen LogP contribution in [0.3, 0.4) is 0 Å². The van der Waals surface area contributed by atoms with Crippen LogP contribution in [0.15, 0.2) is 22.7 Å². The topological polar surface area (TPSA) is 74.2 Å². The number of hydrogen-bond donors (Lipinski definition) is 1. The van der Waals surface area contributed by atoms with Crippen molar-refractivity contribution in [3.05, 3.63) is 35.2 Å². The SMILES string of the molecule is CCOCC(C)(N)c1noc(-c2ccc3c(c2)CCC3)n1. The fourth-order valence-electron chi connectivity index (χ4n) is 2.66. The smallest absolute Gasteiger partial charge is 0.258 e. The van der Waals surface area contributed by atoms with E-state index in [9.17, 15) is 0 Å². The lowest BCUT2D eigenvalue weighted by Gasteiger charge is -2.19. The Morgan fingerprint density at radius 1 is 1.33 bits per heavy atom. The van der Waals surface area contributed by atoms with Crippen LogP contribution in [-0.2, 0) is 23.1 Å². The van der Waals surface area contributed by atoms with Gasteiger partial charge >= 0.3 is 0 Å². The first-order valence-electron chi connectivity index (χ1n) is 7.43. The monoisotopic (exact) mass is 287 g/mol. The Morgan fingerprint density at radius 3 is 2.95 bits per heavy atom. The van der Waals surface area contributed by atoms with Crippen molar-refractivity contribution in [2.24, 2.45) is 5.73 Å². The van der Waals surface area contributed by atoms with E-state index in [4.69, 9.17) is 15.0 Å². The number of fused-ring (bicyclic) bond motifs is 1. The number of benzene rings is 1. The van der Waals surface area contributed by atoms with E-state index in [1.807, 2.05) is 19.9 Å². The summed E-state index contributed by atoms with van der Waals surface area (Å²) in [7, 11) is 0. The molecule has 1 atom stereocenters. The molecule has 1 heterocycles. The van der Waals surface area contributed by atoms with Crippen molar-refractivity contribution in [3.8, 4) is 11.5 Å². The van der Waals surface area contributed by atoms with Gasteiger partial charge in [-0.1, -0.05) is 11.2 Å². The van der Waals surface area contributed by atoms with Gasteiger partial charge < -0.3 is 15.0 Å². The predicted molar refractivity (Wildman–Crippen MR) is 79.8 cm³/mol. The van der Waals surface area contributed by atoms with Gasteiger partial charge in [-0.05, 0) is 56.4 Å². The summed E-state index contributed by atoms with van der Waals surface area (Å²) >= 11 is 0. The number of hydrogen-bond acceptors (Lipinski definition) is 5. The molecule has 0 radical (unpaired) electrons. The van der Waals surface area contributed by atoms with E-state index in [-0.39, 0.29) is 0 Å². The van der Waals surface area contributed by atoms with Gasteiger partial charge in [0.15, 0.2) is 5.82 Å². The first-order valence-corrected chi connectivity index (χ1v) is 7.43. The highest BCUT2D eigenvalue weighted by Crippen LogP contribution is 2.28. The van der Waals surface area contributed by atoms with Crippen LogP contribution in [0.4, 0.5) is 0 Å². The first-order chi connectivity index (χ1) is 10.1. The van der Waals surface area contributed by atoms with E-state index in [0.29, 0.717) is 24.9 Å². The molecule has 0 spiro atoms. The lowest BCUT2D eigenvalue weighted by molar-refractivity contribution is 0.0962. The highest BCUT2D eigenvalue weighted by atomic mass is 16.5. The van der Waals surface area contributed by atoms with E-state index in [0.717, 1.165) is 12.0 Å². The van der Waals surface area contributed by atoms with Gasteiger partial charge in [0.1, 0.15) is 5.54 Å². The van der Waals surface area contributed by atoms with Crippen molar-refractivity contribution in [2.45, 2.75) is 38.6 Å². The molecule has 2 aromatic rings. The Balaban J connectivity index is 1.84. The number of nitrogens with two attached hydrogens (primary N) is 1. The van der Waals surface area contributed by atoms with Gasteiger partial charge in [0.25, 0.3) is 5.89 Å². The third kappa shape index (κ3) is 2.84. The zero-order valence-electron chi connectivity index (χ0n) is 12.6. The predicted octanol–water partition coefficient (Wildman–Crippen LogP) is 2.44. The van der Waals surface area contributed by atoms with Gasteiger partial charge in [-0.2, -0.15) is 4.98 Å². The summed E-state index contributed by atoms with van der Waals surface area (Å²) < 4.78 is 10.8. The molecular weight excluding hydrogens is 266 g/mol. The minimum absolute atomic E-state index is 0.368. The Morgan fingerprint density at radius 2 is 2.14 bits per heavy atom. The van der Waals surface area contributed by atoms with Crippen molar-refractivity contribution in [2.75, 3.05) is 13.2 Å². The number of rotatable bonds is 5. The summed E-state index contributed by atoms with van der Waals surface area (Å²) in [6.07, 6.45) is 3.52. The minimum Gasteiger partial charge on any atom is -0.379 e. The molecule has 112 valence electrons. The van der Waals surface area contributed by atoms with Gasteiger partial charge in [-0.15, -0.1) is 0 Å². The molecule has 5 heteroatoms. The molecule has 1 unspecified atom stereocenters. The minimum atomic E-state index is -0.742. The van der Waals surface area contributed by atoms with Crippen LogP contribution in [-0.4, -0.2) is 23.4 Å². The van der Waals surface area contributed by atoms with Crippen LogP contribution >= 0.6 is 0 Å². The van der Waals surface area contributed by atoms with Crippen LogP contribution < -0.4 is 5.73 Å². The fraction of sp³-hybridized carbons (Fsp3) is 0.500. The number of aromatic nitrogens is 2. The molecule has 1 aliphatic carbocycles. The average molecular weight is 287 g/mol. The highest BCUT2D eigenvalue weighted by molar-refractivity contribution is 5.56. The summed E-state index contributed by atoms with van der Waals surface area (Å²) in [5.74, 6) is 0.999. The van der Waals surface area contributed by atoms with Gasteiger partial charge in [0.05, 0.1) is 6.61 Å². The van der Waals surface area contributed by atoms with Crippen molar-refractivity contribution in [3.63, 3.8) is 0 Å². The van der Waals surface area contributed by atoms with Crippen molar-refractivity contribution >= 4 is 0 Å². The van der Waals surface area contributed by atoms with E-state index >= 15 is 0 Å². The molecule has 5 nitrogen and oxygen atoms in total. The van der Waals surface area contributed by atoms with Crippen LogP contribution in [0, 0.1) is 0 Å². The largest absolute Gasteiger partial charge is 0.379 e. The zero-order chi connectivity index (χ0) is 14.9. The normalized spacial score (nSPS) is 16.7. The molecule has 1 aliphatic rings. The van der Waals surface area contributed by atoms with Gasteiger partial charge in [-0.25, -0.2) is 0 Å². The van der Waals surface area contributed by atoms with Crippen LogP contribution in [0.2, 0.25) is 0 Å². The van der Waals surface area contributed by atoms with Crippen molar-refractivity contribution < 1.29 is 9.26 Å². The Labute approximate surface area is 124 Å². The summed E-state index contributed by atoms with van der Waals surface area (Å²) in [4.78, 5) is 4.45. The van der Waals surface area contributed by atoms with E-state index in [1.54, 1.807) is 0 Å². The summed E-state index contributed by atoms with van der Waals surface area (Å²) in [5.41, 5.74) is 9.23. The average Bonchev–Trinajstić information content (AvgIpc) is 3.13. The number of aryl methyl sites for hydroxylation is 2. The van der Waals surface area contributed by atoms with Gasteiger partial charge in [0, 0.05) is 12.2 Å².